The Morgan fingerprint density at radius 3 is 2.88 bits per heavy atom. The molecule has 6 heteroatoms. The van der Waals surface area contributed by atoms with Gasteiger partial charge in [0, 0.05) is 29.4 Å². The van der Waals surface area contributed by atoms with Gasteiger partial charge in [0.25, 0.3) is 0 Å². The third-order valence-electron chi connectivity index (χ3n) is 2.71. The van der Waals surface area contributed by atoms with Gasteiger partial charge in [-0.15, -0.1) is 0 Å². The van der Waals surface area contributed by atoms with Crippen LogP contribution in [0.1, 0.15) is 24.4 Å². The quantitative estimate of drug-likeness (QED) is 0.748. The minimum atomic E-state index is -2.39. The zero-order valence-electron chi connectivity index (χ0n) is 8.36. The summed E-state index contributed by atoms with van der Waals surface area (Å²) >= 11 is -2.39. The van der Waals surface area contributed by atoms with Gasteiger partial charge in [-0.1, -0.05) is 0 Å². The molecule has 1 saturated heterocycles. The van der Waals surface area contributed by atoms with Crippen molar-refractivity contribution in [2.75, 3.05) is 6.54 Å². The van der Waals surface area contributed by atoms with Gasteiger partial charge in [0.15, 0.2) is 0 Å². The Morgan fingerprint density at radius 1 is 1.44 bits per heavy atom. The smallest absolute Gasteiger partial charge is 0.128 e. The maximum atomic E-state index is 13.5. The number of hydrogen-bond acceptors (Lipinski definition) is 2. The fraction of sp³-hybridized carbons (Fsp3) is 0.400. The van der Waals surface area contributed by atoms with E-state index in [0.717, 1.165) is 22.5 Å². The van der Waals surface area contributed by atoms with Crippen LogP contribution in [0, 0.1) is 11.6 Å². The number of benzene rings is 1. The van der Waals surface area contributed by atoms with Crippen LogP contribution in [0.15, 0.2) is 18.2 Å². The summed E-state index contributed by atoms with van der Waals surface area (Å²) in [7, 11) is 0. The van der Waals surface area contributed by atoms with Crippen molar-refractivity contribution in [2.45, 2.75) is 18.9 Å². The molecule has 0 aromatic heterocycles. The lowest BCUT2D eigenvalue weighted by Crippen LogP contribution is -2.25. The minimum Gasteiger partial charge on any atom is -0.760 e. The van der Waals surface area contributed by atoms with E-state index in [1.807, 2.05) is 0 Å². The average molecular weight is 246 g/mol. The summed E-state index contributed by atoms with van der Waals surface area (Å²) in [5.74, 6) is -1.12. The van der Waals surface area contributed by atoms with Crippen molar-refractivity contribution in [2.24, 2.45) is 0 Å². The summed E-state index contributed by atoms with van der Waals surface area (Å²) in [6.07, 6.45) is 1.18. The molecule has 1 aromatic carbocycles. The van der Waals surface area contributed by atoms with Crippen molar-refractivity contribution in [1.82, 2.24) is 4.31 Å². The highest BCUT2D eigenvalue weighted by Crippen LogP contribution is 2.34. The molecule has 2 rings (SSSR count). The summed E-state index contributed by atoms with van der Waals surface area (Å²) in [5.41, 5.74) is 0.113. The average Bonchev–Trinajstić information content (AvgIpc) is 2.70. The molecule has 0 spiro atoms. The fourth-order valence-corrected chi connectivity index (χ4v) is 2.70. The molecule has 16 heavy (non-hydrogen) atoms. The third-order valence-corrected chi connectivity index (χ3v) is 3.53. The molecule has 0 bridgehead atoms. The Morgan fingerprint density at radius 2 is 2.19 bits per heavy atom. The Labute approximate surface area is 94.5 Å². The maximum Gasteiger partial charge on any atom is 0.128 e. The van der Waals surface area contributed by atoms with Crippen LogP contribution in [0.25, 0.3) is 0 Å². The maximum absolute atomic E-state index is 13.5. The van der Waals surface area contributed by atoms with Gasteiger partial charge in [0.2, 0.25) is 0 Å². The van der Waals surface area contributed by atoms with E-state index in [-0.39, 0.29) is 5.56 Å². The molecule has 0 radical (unpaired) electrons. The standard InChI is InChI=1S/C10H11F2NO2S/c11-7-3-4-9(12)8(6-7)10-2-1-5-13(10)16(14)15/h3-4,6,10H,1-2,5H2,(H,14,15)/p-1/t10-/m1/s1. The largest absolute Gasteiger partial charge is 0.760 e. The van der Waals surface area contributed by atoms with Gasteiger partial charge in [-0.25, -0.2) is 13.1 Å². The number of rotatable bonds is 2. The summed E-state index contributed by atoms with van der Waals surface area (Å²) in [5, 5.41) is 0. The van der Waals surface area contributed by atoms with Crippen LogP contribution in [0.3, 0.4) is 0 Å². The first-order valence-corrected chi connectivity index (χ1v) is 5.94. The van der Waals surface area contributed by atoms with Gasteiger partial charge in [0.1, 0.15) is 11.6 Å². The molecule has 1 heterocycles. The molecule has 0 amide bonds. The second-order valence-corrected chi connectivity index (χ2v) is 4.58. The molecule has 0 N–H and O–H groups in total. The molecule has 0 saturated carbocycles. The highest BCUT2D eigenvalue weighted by molar-refractivity contribution is 7.76. The van der Waals surface area contributed by atoms with Crippen LogP contribution in [0.4, 0.5) is 8.78 Å². The van der Waals surface area contributed by atoms with Gasteiger partial charge >= 0.3 is 0 Å². The minimum absolute atomic E-state index is 0.113. The number of halogens is 2. The Balaban J connectivity index is 2.35. The van der Waals surface area contributed by atoms with E-state index >= 15 is 0 Å². The second kappa shape index (κ2) is 4.57. The monoisotopic (exact) mass is 246 g/mol. The van der Waals surface area contributed by atoms with Crippen LogP contribution in [-0.2, 0) is 11.3 Å². The zero-order chi connectivity index (χ0) is 11.7. The van der Waals surface area contributed by atoms with Gasteiger partial charge < -0.3 is 4.55 Å². The molecule has 1 aliphatic heterocycles. The van der Waals surface area contributed by atoms with E-state index in [1.54, 1.807) is 0 Å². The van der Waals surface area contributed by atoms with Crippen molar-refractivity contribution in [3.05, 3.63) is 35.4 Å². The van der Waals surface area contributed by atoms with E-state index in [0.29, 0.717) is 19.4 Å². The van der Waals surface area contributed by atoms with Gasteiger partial charge in [-0.05, 0) is 31.0 Å². The molecule has 0 aliphatic carbocycles. The number of nitrogens with zero attached hydrogens (tertiary/aromatic N) is 1. The van der Waals surface area contributed by atoms with Crippen LogP contribution < -0.4 is 0 Å². The lowest BCUT2D eigenvalue weighted by molar-refractivity contribution is 0.366. The van der Waals surface area contributed by atoms with Gasteiger partial charge in [-0.2, -0.15) is 0 Å². The van der Waals surface area contributed by atoms with Gasteiger partial charge in [-0.3, -0.25) is 4.21 Å². The highest BCUT2D eigenvalue weighted by atomic mass is 32.2. The normalized spacial score (nSPS) is 23.6. The number of hydrogen-bond donors (Lipinski definition) is 0. The van der Waals surface area contributed by atoms with Crippen LogP contribution in [-0.4, -0.2) is 19.6 Å². The van der Waals surface area contributed by atoms with E-state index < -0.39 is 28.9 Å². The third kappa shape index (κ3) is 2.14. The SMILES string of the molecule is O=S([O-])N1CCC[C@@H]1c1cc(F)ccc1F. The first kappa shape index (κ1) is 11.6. The summed E-state index contributed by atoms with van der Waals surface area (Å²) in [4.78, 5) is 0. The fourth-order valence-electron chi connectivity index (χ4n) is 2.00. The lowest BCUT2D eigenvalue weighted by atomic mass is 10.0. The highest BCUT2D eigenvalue weighted by Gasteiger charge is 2.29. The van der Waals surface area contributed by atoms with Crippen molar-refractivity contribution < 1.29 is 17.5 Å². The Bertz CT molecular complexity index is 427. The molecule has 3 nitrogen and oxygen atoms in total. The van der Waals surface area contributed by atoms with E-state index in [1.165, 1.54) is 0 Å². The summed E-state index contributed by atoms with van der Waals surface area (Å²) < 4.78 is 49.4. The predicted octanol–water partition coefficient (Wildman–Crippen LogP) is 1.90. The van der Waals surface area contributed by atoms with Crippen molar-refractivity contribution in [1.29, 1.82) is 0 Å². The van der Waals surface area contributed by atoms with Gasteiger partial charge in [0.05, 0.1) is 0 Å². The van der Waals surface area contributed by atoms with Crippen LogP contribution in [0.2, 0.25) is 0 Å². The molecular weight excluding hydrogens is 236 g/mol. The topological polar surface area (TPSA) is 43.4 Å². The molecular formula is C10H10F2NO2S-. The van der Waals surface area contributed by atoms with E-state index in [2.05, 4.69) is 0 Å². The molecule has 1 fully saturated rings. The molecule has 1 aromatic rings. The molecule has 1 unspecified atom stereocenters. The van der Waals surface area contributed by atoms with E-state index in [4.69, 9.17) is 0 Å². The van der Waals surface area contributed by atoms with Crippen LogP contribution in [0.5, 0.6) is 0 Å². The Hall–Kier alpha value is -0.850. The lowest BCUT2D eigenvalue weighted by Gasteiger charge is -2.26. The summed E-state index contributed by atoms with van der Waals surface area (Å²) in [6.45, 7) is 0.358. The Kier molecular flexibility index (Phi) is 3.32. The zero-order valence-corrected chi connectivity index (χ0v) is 9.18. The van der Waals surface area contributed by atoms with Crippen molar-refractivity contribution >= 4 is 11.3 Å². The second-order valence-electron chi connectivity index (χ2n) is 3.68. The van der Waals surface area contributed by atoms with Crippen molar-refractivity contribution in [3.8, 4) is 0 Å². The first-order valence-electron chi connectivity index (χ1n) is 4.90. The molecule has 1 aliphatic rings. The van der Waals surface area contributed by atoms with Crippen LogP contribution >= 0.6 is 0 Å². The van der Waals surface area contributed by atoms with E-state index in [9.17, 15) is 17.5 Å². The summed E-state index contributed by atoms with van der Waals surface area (Å²) in [6, 6.07) is 2.53. The molecule has 88 valence electrons. The predicted molar refractivity (Wildman–Crippen MR) is 54.0 cm³/mol. The molecule has 2 atom stereocenters. The first-order chi connectivity index (χ1) is 7.59. The van der Waals surface area contributed by atoms with Crippen molar-refractivity contribution in [3.63, 3.8) is 0 Å².